The lowest BCUT2D eigenvalue weighted by Gasteiger charge is -2.28. The van der Waals surface area contributed by atoms with E-state index in [0.717, 1.165) is 29.7 Å². The molecule has 0 unspecified atom stereocenters. The van der Waals surface area contributed by atoms with Crippen LogP contribution >= 0.6 is 0 Å². The molecule has 0 spiro atoms. The minimum absolute atomic E-state index is 0.0369. The van der Waals surface area contributed by atoms with Crippen molar-refractivity contribution in [2.45, 2.75) is 31.5 Å². The maximum absolute atomic E-state index is 13.3. The summed E-state index contributed by atoms with van der Waals surface area (Å²) in [6, 6.07) is 13.7. The Balaban J connectivity index is 1.78. The van der Waals surface area contributed by atoms with Crippen LogP contribution in [0, 0.1) is 5.82 Å². The molecule has 0 heterocycles. The highest BCUT2D eigenvalue weighted by Gasteiger charge is 2.30. The highest BCUT2D eigenvalue weighted by Crippen LogP contribution is 2.26. The second-order valence-electron chi connectivity index (χ2n) is 6.50. The Hall–Kier alpha value is -2.40. The van der Waals surface area contributed by atoms with Crippen molar-refractivity contribution < 1.29 is 13.9 Å². The van der Waals surface area contributed by atoms with Crippen molar-refractivity contribution in [2.75, 3.05) is 14.2 Å². The number of halogens is 1. The van der Waals surface area contributed by atoms with Gasteiger partial charge in [0.05, 0.1) is 7.11 Å². The molecule has 0 aliphatic heterocycles. The summed E-state index contributed by atoms with van der Waals surface area (Å²) in [6.07, 6.45) is 2.06. The zero-order valence-corrected chi connectivity index (χ0v) is 14.5. The molecular formula is C20H23FN2O2. The van der Waals surface area contributed by atoms with Crippen molar-refractivity contribution >= 4 is 5.91 Å². The number of hydrogen-bond acceptors (Lipinski definition) is 3. The van der Waals surface area contributed by atoms with Crippen LogP contribution in [0.2, 0.25) is 0 Å². The van der Waals surface area contributed by atoms with Crippen LogP contribution in [0.5, 0.6) is 5.75 Å². The van der Waals surface area contributed by atoms with E-state index in [1.807, 2.05) is 36.2 Å². The average molecular weight is 342 g/mol. The van der Waals surface area contributed by atoms with E-state index in [9.17, 15) is 9.18 Å². The molecule has 1 amide bonds. The molecule has 1 aliphatic carbocycles. The van der Waals surface area contributed by atoms with Crippen LogP contribution in [0.4, 0.5) is 4.39 Å². The molecule has 1 saturated carbocycles. The predicted octanol–water partition coefficient (Wildman–Crippen LogP) is 3.29. The fraction of sp³-hybridized carbons (Fsp3) is 0.350. The van der Waals surface area contributed by atoms with Crippen LogP contribution in [0.25, 0.3) is 0 Å². The van der Waals surface area contributed by atoms with Crippen molar-refractivity contribution in [3.05, 3.63) is 65.5 Å². The van der Waals surface area contributed by atoms with Crippen LogP contribution < -0.4 is 10.1 Å². The molecule has 0 aromatic heterocycles. The average Bonchev–Trinajstić information content (AvgIpc) is 3.41. The Bertz CT molecular complexity index is 711. The van der Waals surface area contributed by atoms with Crippen LogP contribution in [0.1, 0.15) is 30.0 Å². The van der Waals surface area contributed by atoms with Gasteiger partial charge in [-0.25, -0.2) is 4.39 Å². The monoisotopic (exact) mass is 342 g/mol. The summed E-state index contributed by atoms with van der Waals surface area (Å²) in [5.74, 6) is 0.459. The smallest absolute Gasteiger partial charge is 0.242 e. The Morgan fingerprint density at radius 1 is 1.20 bits per heavy atom. The summed E-state index contributed by atoms with van der Waals surface area (Å²) in [6.45, 7) is 0.601. The molecule has 2 aromatic rings. The van der Waals surface area contributed by atoms with Crippen molar-refractivity contribution in [1.82, 2.24) is 10.2 Å². The number of nitrogens with one attached hydrogen (secondary N) is 1. The lowest BCUT2D eigenvalue weighted by molar-refractivity contribution is -0.126. The first-order chi connectivity index (χ1) is 12.1. The van der Waals surface area contributed by atoms with E-state index < -0.39 is 6.04 Å². The molecule has 0 radical (unpaired) electrons. The van der Waals surface area contributed by atoms with Gasteiger partial charge < -0.3 is 10.1 Å². The molecule has 25 heavy (non-hydrogen) atoms. The zero-order valence-electron chi connectivity index (χ0n) is 14.5. The number of likely N-dealkylation sites (N-methyl/N-ethyl adjacent to an activating group) is 1. The van der Waals surface area contributed by atoms with Gasteiger partial charge in [0.1, 0.15) is 17.6 Å². The fourth-order valence-corrected chi connectivity index (χ4v) is 2.87. The summed E-state index contributed by atoms with van der Waals surface area (Å²) in [5.41, 5.74) is 1.87. The normalized spacial score (nSPS) is 15.0. The topological polar surface area (TPSA) is 41.6 Å². The Morgan fingerprint density at radius 2 is 1.84 bits per heavy atom. The maximum atomic E-state index is 13.3. The molecule has 1 N–H and O–H groups in total. The quantitative estimate of drug-likeness (QED) is 0.839. The van der Waals surface area contributed by atoms with Gasteiger partial charge in [-0.1, -0.05) is 24.3 Å². The maximum Gasteiger partial charge on any atom is 0.242 e. The molecule has 1 aliphatic rings. The van der Waals surface area contributed by atoms with E-state index in [-0.39, 0.29) is 17.8 Å². The number of hydrogen-bond donors (Lipinski definition) is 1. The molecule has 4 nitrogen and oxygen atoms in total. The van der Waals surface area contributed by atoms with Crippen LogP contribution in [-0.4, -0.2) is 31.0 Å². The number of methoxy groups -OCH3 is 1. The fourth-order valence-electron chi connectivity index (χ4n) is 2.87. The number of rotatable bonds is 7. The lowest BCUT2D eigenvalue weighted by atomic mass is 10.0. The summed E-state index contributed by atoms with van der Waals surface area (Å²) in [4.78, 5) is 14.7. The van der Waals surface area contributed by atoms with Gasteiger partial charge in [-0.05, 0) is 55.3 Å². The van der Waals surface area contributed by atoms with Gasteiger partial charge in [-0.2, -0.15) is 0 Å². The van der Waals surface area contributed by atoms with Crippen LogP contribution in [0.3, 0.4) is 0 Å². The van der Waals surface area contributed by atoms with E-state index >= 15 is 0 Å². The first kappa shape index (κ1) is 17.4. The van der Waals surface area contributed by atoms with Gasteiger partial charge in [0.2, 0.25) is 5.91 Å². The third-order valence-electron chi connectivity index (χ3n) is 4.39. The second-order valence-corrected chi connectivity index (χ2v) is 6.50. The van der Waals surface area contributed by atoms with E-state index in [1.54, 1.807) is 19.2 Å². The third-order valence-corrected chi connectivity index (χ3v) is 4.39. The van der Waals surface area contributed by atoms with Crippen molar-refractivity contribution in [1.29, 1.82) is 0 Å². The van der Waals surface area contributed by atoms with E-state index in [4.69, 9.17) is 4.74 Å². The highest BCUT2D eigenvalue weighted by molar-refractivity contribution is 5.83. The minimum atomic E-state index is -0.455. The zero-order chi connectivity index (χ0) is 17.8. The Labute approximate surface area is 147 Å². The molecule has 3 rings (SSSR count). The highest BCUT2D eigenvalue weighted by atomic mass is 19.1. The molecule has 132 valence electrons. The number of carbonyl (C=O) groups excluding carboxylic acids is 1. The van der Waals surface area contributed by atoms with Gasteiger partial charge in [-0.3, -0.25) is 9.69 Å². The molecule has 0 bridgehead atoms. The summed E-state index contributed by atoms with van der Waals surface area (Å²) in [5, 5.41) is 3.06. The molecule has 0 saturated heterocycles. The number of ether oxygens (including phenoxy) is 1. The van der Waals surface area contributed by atoms with E-state index in [1.165, 1.54) is 12.1 Å². The first-order valence-electron chi connectivity index (χ1n) is 8.46. The van der Waals surface area contributed by atoms with Gasteiger partial charge >= 0.3 is 0 Å². The molecule has 1 fully saturated rings. The first-order valence-corrected chi connectivity index (χ1v) is 8.46. The van der Waals surface area contributed by atoms with Crippen LogP contribution in [0.15, 0.2) is 48.5 Å². The van der Waals surface area contributed by atoms with Crippen LogP contribution in [-0.2, 0) is 11.3 Å². The number of nitrogens with zero attached hydrogens (tertiary/aromatic N) is 1. The van der Waals surface area contributed by atoms with Gasteiger partial charge in [0.25, 0.3) is 0 Å². The standard InChI is InChI=1S/C20H23FN2O2/c1-23(13-14-3-11-18(25-2)12-4-14)19(20(24)22-17-9-10-17)15-5-7-16(21)8-6-15/h3-8,11-12,17,19H,9-10,13H2,1-2H3,(H,22,24)/t19-/m0/s1. The van der Waals surface area contributed by atoms with Gasteiger partial charge in [0.15, 0.2) is 0 Å². The summed E-state index contributed by atoms with van der Waals surface area (Å²) < 4.78 is 18.4. The van der Waals surface area contributed by atoms with Crippen molar-refractivity contribution in [3.8, 4) is 5.75 Å². The lowest BCUT2D eigenvalue weighted by Crippen LogP contribution is -2.39. The summed E-state index contributed by atoms with van der Waals surface area (Å²) >= 11 is 0. The largest absolute Gasteiger partial charge is 0.497 e. The number of carbonyl (C=O) groups is 1. The predicted molar refractivity (Wildman–Crippen MR) is 94.8 cm³/mol. The molecule has 2 aromatic carbocycles. The van der Waals surface area contributed by atoms with E-state index in [0.29, 0.717) is 6.54 Å². The third kappa shape index (κ3) is 4.57. The SMILES string of the molecule is COc1ccc(CN(C)[C@H](C(=O)NC2CC2)c2ccc(F)cc2)cc1. The summed E-state index contributed by atoms with van der Waals surface area (Å²) in [7, 11) is 3.54. The minimum Gasteiger partial charge on any atom is -0.497 e. The second kappa shape index (κ2) is 7.66. The van der Waals surface area contributed by atoms with Gasteiger partial charge in [0, 0.05) is 12.6 Å². The number of amides is 1. The molecule has 5 heteroatoms. The van der Waals surface area contributed by atoms with Crippen molar-refractivity contribution in [2.24, 2.45) is 0 Å². The molecular weight excluding hydrogens is 319 g/mol. The van der Waals surface area contributed by atoms with Crippen molar-refractivity contribution in [3.63, 3.8) is 0 Å². The van der Waals surface area contributed by atoms with E-state index in [2.05, 4.69) is 5.32 Å². The number of benzene rings is 2. The Kier molecular flexibility index (Phi) is 5.34. The Morgan fingerprint density at radius 3 is 2.40 bits per heavy atom. The van der Waals surface area contributed by atoms with Gasteiger partial charge in [-0.15, -0.1) is 0 Å². The molecule has 1 atom stereocenters.